The maximum Gasteiger partial charge on any atom is 0.115 e. The Bertz CT molecular complexity index is 276. The Morgan fingerprint density at radius 3 is 3.19 bits per heavy atom. The lowest BCUT2D eigenvalue weighted by molar-refractivity contribution is -0.172. The van der Waals surface area contributed by atoms with Gasteiger partial charge in [0.05, 0.1) is 12.7 Å². The van der Waals surface area contributed by atoms with Crippen LogP contribution in [0.1, 0.15) is 19.8 Å². The summed E-state index contributed by atoms with van der Waals surface area (Å²) >= 11 is 1.83. The first-order valence-electron chi connectivity index (χ1n) is 5.89. The molecule has 0 atom stereocenters. The number of hydrogen-bond donors (Lipinski definition) is 1. The maximum atomic E-state index is 5.86. The normalized spacial score (nSPS) is 20.8. The van der Waals surface area contributed by atoms with Gasteiger partial charge in [0, 0.05) is 19.3 Å². The van der Waals surface area contributed by atoms with Gasteiger partial charge < -0.3 is 5.32 Å². The summed E-state index contributed by atoms with van der Waals surface area (Å²) in [6.45, 7) is 4.89. The minimum atomic E-state index is 0.335. The van der Waals surface area contributed by atoms with E-state index in [9.17, 15) is 0 Å². The second-order valence-electron chi connectivity index (χ2n) is 3.95. The summed E-state index contributed by atoms with van der Waals surface area (Å²) in [7, 11) is 0. The fraction of sp³-hybridized carbons (Fsp3) is 0.727. The molecule has 0 aromatic heterocycles. The Kier molecular flexibility index (Phi) is 4.69. The number of nitrogens with one attached hydrogen (secondary N) is 1. The van der Waals surface area contributed by atoms with Gasteiger partial charge in [-0.2, -0.15) is 0 Å². The predicted molar refractivity (Wildman–Crippen MR) is 68.4 cm³/mol. The van der Waals surface area contributed by atoms with Crippen LogP contribution >= 0.6 is 11.8 Å². The first-order valence-corrected chi connectivity index (χ1v) is 6.88. The van der Waals surface area contributed by atoms with Crippen molar-refractivity contribution < 1.29 is 4.84 Å². The first-order chi connectivity index (χ1) is 7.90. The monoisotopic (exact) mass is 241 g/mol. The summed E-state index contributed by atoms with van der Waals surface area (Å²) in [5, 5.41) is 6.32. The Labute approximate surface area is 101 Å². The smallest absolute Gasteiger partial charge is 0.115 e. The molecule has 0 aromatic rings. The van der Waals surface area contributed by atoms with Crippen molar-refractivity contribution in [2.45, 2.75) is 25.9 Å². The number of unbranched alkanes of at least 4 members (excludes halogenated alkanes) is 1. The summed E-state index contributed by atoms with van der Waals surface area (Å²) < 4.78 is 0. The van der Waals surface area contributed by atoms with Crippen molar-refractivity contribution in [3.63, 3.8) is 0 Å². The second-order valence-corrected chi connectivity index (χ2v) is 5.06. The highest BCUT2D eigenvalue weighted by Gasteiger charge is 2.23. The lowest BCUT2D eigenvalue weighted by Gasteiger charge is -2.34. The zero-order chi connectivity index (χ0) is 11.2. The van der Waals surface area contributed by atoms with Gasteiger partial charge in [0.15, 0.2) is 0 Å². The molecule has 0 radical (unpaired) electrons. The second kappa shape index (κ2) is 6.27. The molecule has 1 fully saturated rings. The Morgan fingerprint density at radius 2 is 2.50 bits per heavy atom. The lowest BCUT2D eigenvalue weighted by atomic mass is 10.2. The molecule has 16 heavy (non-hydrogen) atoms. The van der Waals surface area contributed by atoms with Crippen LogP contribution in [-0.2, 0) is 4.84 Å². The van der Waals surface area contributed by atoms with Gasteiger partial charge in [0.2, 0.25) is 0 Å². The molecule has 0 amide bonds. The standard InChI is InChI=1S/C11H19N3OS/c1-2-3-6-16-11-9-12-4-5-14(11)15-10-7-13-8-10/h4,9-10,13H,2-3,5-8H2,1H3. The molecular formula is C11H19N3OS. The minimum absolute atomic E-state index is 0.335. The van der Waals surface area contributed by atoms with Crippen molar-refractivity contribution in [1.82, 2.24) is 10.4 Å². The molecular weight excluding hydrogens is 222 g/mol. The molecule has 0 bridgehead atoms. The van der Waals surface area contributed by atoms with Crippen molar-refractivity contribution >= 4 is 18.0 Å². The number of thioether (sulfide) groups is 1. The molecule has 1 N–H and O–H groups in total. The van der Waals surface area contributed by atoms with E-state index in [1.807, 2.05) is 29.2 Å². The van der Waals surface area contributed by atoms with Gasteiger partial charge in [-0.3, -0.25) is 9.83 Å². The average molecular weight is 241 g/mol. The number of hydroxylamine groups is 2. The molecule has 2 aliphatic rings. The van der Waals surface area contributed by atoms with E-state index in [4.69, 9.17) is 4.84 Å². The molecule has 0 aromatic carbocycles. The molecule has 90 valence electrons. The van der Waals surface area contributed by atoms with Crippen LogP contribution in [0.2, 0.25) is 0 Å². The number of hydrogen-bond acceptors (Lipinski definition) is 5. The molecule has 1 saturated heterocycles. The van der Waals surface area contributed by atoms with E-state index in [1.165, 1.54) is 12.8 Å². The number of aliphatic imine (C=N–C) groups is 1. The molecule has 0 aliphatic carbocycles. The average Bonchev–Trinajstić information content (AvgIpc) is 2.25. The van der Waals surface area contributed by atoms with Crippen LogP contribution in [0.15, 0.2) is 16.2 Å². The molecule has 2 aliphatic heterocycles. The van der Waals surface area contributed by atoms with Gasteiger partial charge in [-0.05, 0) is 12.2 Å². The van der Waals surface area contributed by atoms with Crippen LogP contribution in [0.5, 0.6) is 0 Å². The van der Waals surface area contributed by atoms with Crippen LogP contribution in [0.3, 0.4) is 0 Å². The van der Waals surface area contributed by atoms with Crippen LogP contribution in [0, 0.1) is 0 Å². The summed E-state index contributed by atoms with van der Waals surface area (Å²) in [5.74, 6) is 1.14. The van der Waals surface area contributed by atoms with Crippen LogP contribution in [0.25, 0.3) is 0 Å². The third-order valence-corrected chi connectivity index (χ3v) is 3.65. The number of nitrogens with zero attached hydrogens (tertiary/aromatic N) is 2. The molecule has 0 unspecified atom stereocenters. The number of rotatable bonds is 6. The largest absolute Gasteiger partial charge is 0.311 e. The topological polar surface area (TPSA) is 36.9 Å². The highest BCUT2D eigenvalue weighted by atomic mass is 32.2. The van der Waals surface area contributed by atoms with Crippen molar-refractivity contribution in [2.24, 2.45) is 4.99 Å². The Morgan fingerprint density at radius 1 is 1.62 bits per heavy atom. The zero-order valence-corrected chi connectivity index (χ0v) is 10.5. The van der Waals surface area contributed by atoms with E-state index < -0.39 is 0 Å². The van der Waals surface area contributed by atoms with Gasteiger partial charge in [-0.15, -0.1) is 11.8 Å². The van der Waals surface area contributed by atoms with Crippen molar-refractivity contribution in [1.29, 1.82) is 0 Å². The van der Waals surface area contributed by atoms with Crippen molar-refractivity contribution in [3.8, 4) is 0 Å². The molecule has 0 spiro atoms. The Hall–Kier alpha value is -0.520. The van der Waals surface area contributed by atoms with E-state index in [0.29, 0.717) is 6.10 Å². The summed E-state index contributed by atoms with van der Waals surface area (Å²) in [5.41, 5.74) is 0. The first kappa shape index (κ1) is 12.0. The van der Waals surface area contributed by atoms with E-state index >= 15 is 0 Å². The highest BCUT2D eigenvalue weighted by Crippen LogP contribution is 2.24. The zero-order valence-electron chi connectivity index (χ0n) is 9.69. The fourth-order valence-electron chi connectivity index (χ4n) is 1.43. The summed E-state index contributed by atoms with van der Waals surface area (Å²) in [4.78, 5) is 10.1. The van der Waals surface area contributed by atoms with Gasteiger partial charge >= 0.3 is 0 Å². The fourth-order valence-corrected chi connectivity index (χ4v) is 2.47. The maximum absolute atomic E-state index is 5.86. The van der Waals surface area contributed by atoms with E-state index in [-0.39, 0.29) is 0 Å². The van der Waals surface area contributed by atoms with Crippen LogP contribution in [0.4, 0.5) is 0 Å². The van der Waals surface area contributed by atoms with Crippen LogP contribution in [-0.4, -0.2) is 42.8 Å². The summed E-state index contributed by atoms with van der Waals surface area (Å²) in [6.07, 6.45) is 6.59. The molecule has 2 rings (SSSR count). The van der Waals surface area contributed by atoms with Gasteiger partial charge in [-0.1, -0.05) is 13.3 Å². The van der Waals surface area contributed by atoms with Gasteiger partial charge in [0.25, 0.3) is 0 Å². The quantitative estimate of drug-likeness (QED) is 0.717. The third kappa shape index (κ3) is 3.23. The molecule has 2 heterocycles. The van der Waals surface area contributed by atoms with Crippen LogP contribution < -0.4 is 5.32 Å². The van der Waals surface area contributed by atoms with Gasteiger partial charge in [0.1, 0.15) is 11.1 Å². The van der Waals surface area contributed by atoms with Crippen molar-refractivity contribution in [3.05, 3.63) is 11.2 Å². The molecule has 5 heteroatoms. The Balaban J connectivity index is 1.80. The minimum Gasteiger partial charge on any atom is -0.311 e. The van der Waals surface area contributed by atoms with Crippen molar-refractivity contribution in [2.75, 3.05) is 25.4 Å². The van der Waals surface area contributed by atoms with E-state index in [2.05, 4.69) is 17.2 Å². The predicted octanol–water partition coefficient (Wildman–Crippen LogP) is 1.61. The molecule has 4 nitrogen and oxygen atoms in total. The highest BCUT2D eigenvalue weighted by molar-refractivity contribution is 8.02. The SMILES string of the molecule is CCCCSC1=CN=CCN1OC1CNC1. The van der Waals surface area contributed by atoms with Gasteiger partial charge in [-0.25, -0.2) is 5.06 Å². The van der Waals surface area contributed by atoms with E-state index in [1.54, 1.807) is 0 Å². The third-order valence-electron chi connectivity index (χ3n) is 2.55. The summed E-state index contributed by atoms with van der Waals surface area (Å²) in [6, 6.07) is 0. The molecule has 0 saturated carbocycles. The lowest BCUT2D eigenvalue weighted by Crippen LogP contribution is -2.51. The van der Waals surface area contributed by atoms with E-state index in [0.717, 1.165) is 30.4 Å².